The number of amides is 2. The number of rotatable bonds is 6. The van der Waals surface area contributed by atoms with Gasteiger partial charge >= 0.3 is 0 Å². The van der Waals surface area contributed by atoms with Gasteiger partial charge in [-0.25, -0.2) is 8.42 Å². The highest BCUT2D eigenvalue weighted by Gasteiger charge is 2.53. The third kappa shape index (κ3) is 5.46. The monoisotopic (exact) mass is 744 g/mol. The number of benzene rings is 6. The zero-order valence-electron chi connectivity index (χ0n) is 28.0. The molecule has 0 bridgehead atoms. The van der Waals surface area contributed by atoms with Crippen LogP contribution in [-0.2, 0) is 15.3 Å². The molecule has 0 atom stereocenters. The molecule has 7 rings (SSSR count). The lowest BCUT2D eigenvalue weighted by atomic mass is 9.63. The molecular formula is C39H32N6O8S. The molecule has 0 unspecified atom stereocenters. The van der Waals surface area contributed by atoms with E-state index in [0.29, 0.717) is 0 Å². The Balaban J connectivity index is 1.67. The van der Waals surface area contributed by atoms with Gasteiger partial charge in [-0.3, -0.25) is 9.59 Å². The summed E-state index contributed by atoms with van der Waals surface area (Å²) in [5.74, 6) is -3.38. The van der Waals surface area contributed by atoms with Crippen molar-refractivity contribution in [1.82, 2.24) is 0 Å². The van der Waals surface area contributed by atoms with E-state index in [4.69, 9.17) is 22.9 Å². The number of nitrogens with two attached hydrogens (primary N) is 4. The molecule has 15 heteroatoms. The molecule has 1 heterocycles. The van der Waals surface area contributed by atoms with Crippen molar-refractivity contribution in [3.05, 3.63) is 143 Å². The molecule has 14 nitrogen and oxygen atoms in total. The van der Waals surface area contributed by atoms with Gasteiger partial charge in [-0.1, -0.05) is 24.3 Å². The van der Waals surface area contributed by atoms with E-state index in [1.165, 1.54) is 72.8 Å². The summed E-state index contributed by atoms with van der Waals surface area (Å²) in [6.45, 7) is 0. The van der Waals surface area contributed by atoms with Crippen molar-refractivity contribution in [2.75, 3.05) is 33.6 Å². The Labute approximate surface area is 307 Å². The molecule has 0 spiro atoms. The lowest BCUT2D eigenvalue weighted by Gasteiger charge is -2.44. The van der Waals surface area contributed by atoms with Crippen molar-refractivity contribution in [2.24, 2.45) is 0 Å². The predicted molar refractivity (Wildman–Crippen MR) is 203 cm³/mol. The minimum absolute atomic E-state index is 0.0622. The van der Waals surface area contributed by atoms with Gasteiger partial charge < -0.3 is 54.0 Å². The molecule has 0 saturated heterocycles. The number of phenols is 4. The Bertz CT molecular complexity index is 2510. The molecule has 1 aliphatic rings. The summed E-state index contributed by atoms with van der Waals surface area (Å²) in [6, 6.07) is 24.4. The first-order valence-corrected chi connectivity index (χ1v) is 17.6. The van der Waals surface area contributed by atoms with Crippen molar-refractivity contribution in [3.8, 4) is 23.0 Å². The summed E-state index contributed by atoms with van der Waals surface area (Å²) in [6.07, 6.45) is 0. The molecular weight excluding hydrogens is 713 g/mol. The third-order valence-electron chi connectivity index (χ3n) is 9.32. The van der Waals surface area contributed by atoms with Crippen LogP contribution in [0.25, 0.3) is 0 Å². The number of phenolic OH excluding ortho intramolecular Hbond substituents is 4. The number of carbonyl (C=O) groups is 2. The summed E-state index contributed by atoms with van der Waals surface area (Å²) in [7, 11) is -4.64. The molecule has 1 aliphatic heterocycles. The number of sulfone groups is 1. The van der Waals surface area contributed by atoms with Gasteiger partial charge in [0.15, 0.2) is 0 Å². The average Bonchev–Trinajstić information content (AvgIpc) is 3.13. The second-order valence-corrected chi connectivity index (χ2v) is 14.5. The van der Waals surface area contributed by atoms with Gasteiger partial charge in [0, 0.05) is 33.6 Å². The highest BCUT2D eigenvalue weighted by molar-refractivity contribution is 7.91. The van der Waals surface area contributed by atoms with E-state index in [-0.39, 0.29) is 79.0 Å². The summed E-state index contributed by atoms with van der Waals surface area (Å²) in [4.78, 5) is 27.0. The molecule has 0 fully saturated rings. The SMILES string of the molecule is Nc1cccc(C(=O)Nc2c(O)ccc3c2C(c2ccc(O)c(N)c2)(c2ccc(O)c(N)c2)c2c(ccc(O)c2NC(=O)c2cccc(N)c2)S3(=O)=O)c1. The van der Waals surface area contributed by atoms with E-state index in [9.17, 15) is 38.4 Å². The first-order valence-electron chi connectivity index (χ1n) is 16.1. The highest BCUT2D eigenvalue weighted by atomic mass is 32.2. The number of aromatic hydroxyl groups is 4. The molecule has 0 aromatic heterocycles. The Morgan fingerprint density at radius 2 is 0.907 bits per heavy atom. The van der Waals surface area contributed by atoms with E-state index in [1.54, 1.807) is 12.1 Å². The second-order valence-electron chi connectivity index (χ2n) is 12.6. The first kappa shape index (κ1) is 35.0. The summed E-state index contributed by atoms with van der Waals surface area (Å²) < 4.78 is 29.7. The quantitative estimate of drug-likeness (QED) is 0.0807. The highest BCUT2D eigenvalue weighted by Crippen LogP contribution is 2.61. The van der Waals surface area contributed by atoms with Crippen molar-refractivity contribution < 1.29 is 38.4 Å². The van der Waals surface area contributed by atoms with Gasteiger partial charge in [-0.2, -0.15) is 0 Å². The van der Waals surface area contributed by atoms with Crippen molar-refractivity contribution in [2.45, 2.75) is 15.2 Å². The molecule has 14 N–H and O–H groups in total. The number of nitrogen functional groups attached to an aromatic ring is 4. The zero-order chi connectivity index (χ0) is 38.7. The predicted octanol–water partition coefficient (Wildman–Crippen LogP) is 4.87. The maximum atomic E-state index is 14.9. The number of carbonyl (C=O) groups excluding carboxylic acids is 2. The average molecular weight is 745 g/mol. The van der Waals surface area contributed by atoms with Crippen LogP contribution in [0.4, 0.5) is 34.1 Å². The fourth-order valence-electron chi connectivity index (χ4n) is 6.88. The fourth-order valence-corrected chi connectivity index (χ4v) is 8.66. The van der Waals surface area contributed by atoms with Crippen LogP contribution in [0.1, 0.15) is 43.0 Å². The van der Waals surface area contributed by atoms with Gasteiger partial charge in [0.25, 0.3) is 11.8 Å². The van der Waals surface area contributed by atoms with Crippen LogP contribution in [0.15, 0.2) is 119 Å². The Morgan fingerprint density at radius 3 is 1.28 bits per heavy atom. The van der Waals surface area contributed by atoms with Crippen molar-refractivity contribution >= 4 is 55.8 Å². The minimum Gasteiger partial charge on any atom is -0.506 e. The van der Waals surface area contributed by atoms with Gasteiger partial charge in [-0.05, 0) is 96.1 Å². The van der Waals surface area contributed by atoms with Crippen LogP contribution < -0.4 is 33.6 Å². The topological polar surface area (TPSA) is 277 Å². The van der Waals surface area contributed by atoms with Crippen LogP contribution >= 0.6 is 0 Å². The van der Waals surface area contributed by atoms with Crippen LogP contribution in [0, 0.1) is 0 Å². The van der Waals surface area contributed by atoms with Crippen LogP contribution in [-0.4, -0.2) is 40.7 Å². The Kier molecular flexibility index (Phi) is 8.23. The minimum atomic E-state index is -4.64. The molecule has 2 amide bonds. The largest absolute Gasteiger partial charge is 0.506 e. The standard InChI is InChI=1S/C39H32N6O8S/c40-23-5-1-3-19(15-23)37(50)44-35-29(48)11-13-31-33(35)39(21-7-9-27(46)25(42)17-21,22-8-10-28(47)26(43)18-22)34-32(54(31,52)53)14-12-30(49)36(34)45-38(51)20-4-2-6-24(41)16-20/h1-18,46-49H,40-43H2,(H,44,50)(H,45,51). The van der Waals surface area contributed by atoms with Gasteiger partial charge in [0.1, 0.15) is 23.0 Å². The molecule has 54 heavy (non-hydrogen) atoms. The summed E-state index contributed by atoms with van der Waals surface area (Å²) >= 11 is 0. The van der Waals surface area contributed by atoms with Crippen molar-refractivity contribution in [1.29, 1.82) is 0 Å². The third-order valence-corrected chi connectivity index (χ3v) is 11.2. The number of hydrogen-bond acceptors (Lipinski definition) is 12. The normalized spacial score (nSPS) is 13.6. The maximum Gasteiger partial charge on any atom is 0.255 e. The lowest BCUT2D eigenvalue weighted by molar-refractivity contribution is 0.101. The number of nitrogens with one attached hydrogen (secondary N) is 2. The first-order chi connectivity index (χ1) is 25.6. The molecule has 0 aliphatic carbocycles. The molecule has 0 radical (unpaired) electrons. The molecule has 6 aromatic rings. The smallest absolute Gasteiger partial charge is 0.255 e. The Morgan fingerprint density at radius 1 is 0.519 bits per heavy atom. The van der Waals surface area contributed by atoms with E-state index in [0.717, 1.165) is 24.3 Å². The van der Waals surface area contributed by atoms with Crippen LogP contribution in [0.3, 0.4) is 0 Å². The molecule has 272 valence electrons. The van der Waals surface area contributed by atoms with E-state index in [2.05, 4.69) is 10.6 Å². The zero-order valence-corrected chi connectivity index (χ0v) is 28.8. The lowest BCUT2D eigenvalue weighted by Crippen LogP contribution is -2.40. The summed E-state index contributed by atoms with van der Waals surface area (Å²) in [5, 5.41) is 49.7. The molecule has 6 aromatic carbocycles. The van der Waals surface area contributed by atoms with Gasteiger partial charge in [-0.15, -0.1) is 0 Å². The number of fused-ring (bicyclic) bond motifs is 2. The van der Waals surface area contributed by atoms with E-state index < -0.39 is 48.4 Å². The maximum absolute atomic E-state index is 14.9. The fraction of sp³-hybridized carbons (Fsp3) is 0.0256. The van der Waals surface area contributed by atoms with Gasteiger partial charge in [0.2, 0.25) is 9.84 Å². The van der Waals surface area contributed by atoms with Crippen molar-refractivity contribution in [3.63, 3.8) is 0 Å². The number of anilines is 6. The number of hydrogen-bond donors (Lipinski definition) is 10. The molecule has 0 saturated carbocycles. The van der Waals surface area contributed by atoms with E-state index in [1.807, 2.05) is 0 Å². The Hall–Kier alpha value is -7.39. The van der Waals surface area contributed by atoms with E-state index >= 15 is 0 Å². The van der Waals surface area contributed by atoms with Crippen LogP contribution in [0.2, 0.25) is 0 Å². The second kappa shape index (κ2) is 12.7. The van der Waals surface area contributed by atoms with Gasteiger partial charge in [0.05, 0.1) is 38.0 Å². The summed E-state index contributed by atoms with van der Waals surface area (Å²) in [5.41, 5.74) is 21.7. The van der Waals surface area contributed by atoms with Crippen LogP contribution in [0.5, 0.6) is 23.0 Å².